The van der Waals surface area contributed by atoms with Gasteiger partial charge in [-0.25, -0.2) is 15.0 Å². The quantitative estimate of drug-likeness (QED) is 0.121. The Morgan fingerprint density at radius 3 is 0.938 bits per heavy atom. The minimum atomic E-state index is -3.27. The summed E-state index contributed by atoms with van der Waals surface area (Å²) in [5.41, 5.74) is 22.3. The van der Waals surface area contributed by atoms with Crippen molar-refractivity contribution in [3.63, 3.8) is 0 Å². The largest absolute Gasteiger partial charge is 0.309 e. The van der Waals surface area contributed by atoms with Gasteiger partial charge in [0.15, 0.2) is 31.8 Å². The van der Waals surface area contributed by atoms with Gasteiger partial charge in [-0.15, -0.1) is 0 Å². The topological polar surface area (TPSA) is 82.7 Å². The number of hydrogen-bond acceptors (Lipinski definition) is 5. The van der Waals surface area contributed by atoms with Crippen LogP contribution in [0.2, 0.25) is 0 Å². The molecular weight excluding hydrogens is 1400 g/mol. The van der Waals surface area contributed by atoms with Crippen molar-refractivity contribution in [3.8, 4) is 112 Å². The molecule has 2 aliphatic rings. The molecule has 0 spiro atoms. The fraction of sp³-hybridized carbons (Fsp3) is 0. The summed E-state index contributed by atoms with van der Waals surface area (Å²) in [6.07, 6.45) is 0. The van der Waals surface area contributed by atoms with E-state index in [1.807, 2.05) is 97.1 Å². The lowest BCUT2D eigenvalue weighted by Gasteiger charge is -2.18. The lowest BCUT2D eigenvalue weighted by molar-refractivity contribution is 0.592. The van der Waals surface area contributed by atoms with E-state index in [4.69, 9.17) is 15.0 Å². The predicted octanol–water partition coefficient (Wildman–Crippen LogP) is 23.8. The average Bonchev–Trinajstić information content (AvgIpc) is 1.53. The molecular formula is C103H67N5O2P2. The van der Waals surface area contributed by atoms with Gasteiger partial charge in [0.2, 0.25) is 0 Å². The lowest BCUT2D eigenvalue weighted by Crippen LogP contribution is -2.22. The molecule has 3 aromatic heterocycles. The maximum Gasteiger partial charge on any atom is 0.174 e. The van der Waals surface area contributed by atoms with E-state index >= 15 is 9.13 Å². The van der Waals surface area contributed by atoms with Crippen LogP contribution in [0, 0.1) is 0 Å². The second kappa shape index (κ2) is 27.0. The normalized spacial score (nSPS) is 14.6. The van der Waals surface area contributed by atoms with E-state index < -0.39 is 14.3 Å². The van der Waals surface area contributed by atoms with Crippen molar-refractivity contribution in [1.82, 2.24) is 24.1 Å². The molecule has 0 radical (unpaired) electrons. The number of aromatic nitrogens is 5. The Morgan fingerprint density at radius 1 is 0.205 bits per heavy atom. The number of benzene rings is 17. The van der Waals surface area contributed by atoms with Crippen molar-refractivity contribution in [3.05, 3.63) is 406 Å². The van der Waals surface area contributed by atoms with Crippen LogP contribution in [0.1, 0.15) is 0 Å². The molecule has 0 bridgehead atoms. The molecule has 2 unspecified atom stereocenters. The van der Waals surface area contributed by atoms with Gasteiger partial charge in [0.25, 0.3) is 0 Å². The highest BCUT2D eigenvalue weighted by atomic mass is 31.2. The minimum absolute atomic E-state index is 0.577. The van der Waals surface area contributed by atoms with Gasteiger partial charge in [-0.3, -0.25) is 0 Å². The summed E-state index contributed by atoms with van der Waals surface area (Å²) in [4.78, 5) is 15.3. The van der Waals surface area contributed by atoms with Gasteiger partial charge in [-0.2, -0.15) is 0 Å². The Hall–Kier alpha value is -13.9. The zero-order valence-electron chi connectivity index (χ0n) is 60.6. The molecule has 0 amide bonds. The third-order valence-corrected chi connectivity index (χ3v) is 28.9. The molecule has 2 atom stereocenters. The van der Waals surface area contributed by atoms with E-state index in [0.29, 0.717) is 17.5 Å². The van der Waals surface area contributed by atoms with Gasteiger partial charge in [0, 0.05) is 70.8 Å². The predicted molar refractivity (Wildman–Crippen MR) is 467 cm³/mol. The van der Waals surface area contributed by atoms with Crippen molar-refractivity contribution in [2.24, 2.45) is 0 Å². The molecule has 0 aliphatic carbocycles. The number of rotatable bonds is 11. The van der Waals surface area contributed by atoms with Crippen LogP contribution >= 0.6 is 14.3 Å². The third-order valence-electron chi connectivity index (χ3n) is 22.5. The van der Waals surface area contributed by atoms with Gasteiger partial charge >= 0.3 is 0 Å². The van der Waals surface area contributed by atoms with E-state index in [0.717, 1.165) is 154 Å². The summed E-state index contributed by atoms with van der Waals surface area (Å²) in [7, 11) is -6.44. The van der Waals surface area contributed by atoms with Crippen molar-refractivity contribution >= 4 is 100 Å². The molecule has 0 N–H and O–H groups in total. The standard InChI is InChI=1S/C57H37N4OP.C46H30NOP/c62-63(46-18-8-3-9-19-46)52-23-13-11-21-48(52)50-37-36-49-47-20-10-12-22-51(47)61(53(49)54(50)63)45-34-32-44(33-35-45)57-59-55(42-28-24-40(25-29-42)38-14-4-1-5-15-38)58-56(60-57)43-30-26-41(27-31-43)39-16-6-2-7-17-39;48-49(36-13-2-1-3-14-36)44-20-9-7-17-40(44)42-30-29-41-39-16-6-8-19-43(39)47(45(41)46(42)49)35-27-25-32(26-28-35)31-21-23-34(24-22-31)38-18-10-12-33-11-4-5-15-37(33)38/h1-37H;1-30H. The molecule has 17 aromatic carbocycles. The maximum absolute atomic E-state index is 16.0. The summed E-state index contributed by atoms with van der Waals surface area (Å²) in [5, 5.41) is 12.3. The Labute approximate surface area is 648 Å². The Kier molecular flexibility index (Phi) is 16.0. The summed E-state index contributed by atoms with van der Waals surface area (Å²) in [5.74, 6) is 1.77. The molecule has 0 saturated carbocycles. The number of nitrogens with zero attached hydrogens (tertiary/aromatic N) is 5. The van der Waals surface area contributed by atoms with E-state index in [1.165, 1.54) is 27.5 Å². The average molecular weight is 1470 g/mol. The second-order valence-corrected chi connectivity index (χ2v) is 34.1. The second-order valence-electron chi connectivity index (χ2n) is 28.7. The van der Waals surface area contributed by atoms with Crippen molar-refractivity contribution < 1.29 is 9.13 Å². The highest BCUT2D eigenvalue weighted by Gasteiger charge is 2.45. The van der Waals surface area contributed by atoms with Crippen LogP contribution in [0.15, 0.2) is 406 Å². The number of para-hydroxylation sites is 2. The van der Waals surface area contributed by atoms with E-state index in [9.17, 15) is 0 Å². The van der Waals surface area contributed by atoms with Gasteiger partial charge in [0.05, 0.1) is 32.7 Å². The molecule has 0 fully saturated rings. The van der Waals surface area contributed by atoms with Gasteiger partial charge < -0.3 is 18.3 Å². The van der Waals surface area contributed by atoms with Crippen LogP contribution in [0.25, 0.3) is 167 Å². The lowest BCUT2D eigenvalue weighted by atomic mass is 9.96. The molecule has 20 aromatic rings. The summed E-state index contributed by atoms with van der Waals surface area (Å²) >= 11 is 0. The summed E-state index contributed by atoms with van der Waals surface area (Å²) in [6.45, 7) is 0. The highest BCUT2D eigenvalue weighted by molar-refractivity contribution is 7.87. The first-order valence-electron chi connectivity index (χ1n) is 37.8. The first-order valence-corrected chi connectivity index (χ1v) is 41.3. The summed E-state index contributed by atoms with van der Waals surface area (Å²) < 4.78 is 36.4. The zero-order chi connectivity index (χ0) is 74.4. The maximum atomic E-state index is 16.0. The number of fused-ring (bicyclic) bond motifs is 15. The monoisotopic (exact) mass is 1470 g/mol. The van der Waals surface area contributed by atoms with Gasteiger partial charge in [-0.05, 0) is 126 Å². The van der Waals surface area contributed by atoms with Crippen LogP contribution < -0.4 is 31.8 Å². The fourth-order valence-corrected chi connectivity index (χ4v) is 23.7. The zero-order valence-corrected chi connectivity index (χ0v) is 62.4. The molecule has 7 nitrogen and oxygen atoms in total. The number of hydrogen-bond donors (Lipinski definition) is 0. The van der Waals surface area contributed by atoms with Crippen LogP contribution in [0.4, 0.5) is 0 Å². The van der Waals surface area contributed by atoms with Crippen molar-refractivity contribution in [2.45, 2.75) is 0 Å². The Morgan fingerprint density at radius 2 is 0.509 bits per heavy atom. The van der Waals surface area contributed by atoms with Crippen LogP contribution in [0.3, 0.4) is 0 Å². The highest BCUT2D eigenvalue weighted by Crippen LogP contribution is 2.57. The van der Waals surface area contributed by atoms with Crippen LogP contribution in [-0.2, 0) is 9.13 Å². The van der Waals surface area contributed by atoms with Crippen LogP contribution in [-0.4, -0.2) is 24.1 Å². The fourth-order valence-electron chi connectivity index (χ4n) is 17.2. The summed E-state index contributed by atoms with van der Waals surface area (Å²) in [6, 6.07) is 141. The third kappa shape index (κ3) is 10.8. The van der Waals surface area contributed by atoms with E-state index in [1.54, 1.807) is 0 Å². The molecule has 5 heterocycles. The van der Waals surface area contributed by atoms with E-state index in [-0.39, 0.29) is 0 Å². The smallest absolute Gasteiger partial charge is 0.174 e. The van der Waals surface area contributed by atoms with Crippen LogP contribution in [0.5, 0.6) is 0 Å². The molecule has 22 rings (SSSR count). The first kappa shape index (κ1) is 66.3. The molecule has 0 saturated heterocycles. The SMILES string of the molecule is O=P1(c2ccccc2)c2ccccc2-c2ccc3c4ccccc4n(-c4ccc(-c5ccc(-c6cccc7ccccc67)cc5)cc4)c3c21.O=P1(c2ccccc2)c2ccccc2-c2ccc3c4ccccc4n(-c4ccc(-c5nc(-c6ccc(-c7ccccc7)cc6)nc(-c6ccc(-c7ccccc7)cc6)n5)cc4)c3c21. The van der Waals surface area contributed by atoms with Gasteiger partial charge in [0.1, 0.15) is 0 Å². The molecule has 2 aliphatic heterocycles. The Bertz CT molecular complexity index is 7080. The van der Waals surface area contributed by atoms with Gasteiger partial charge in [-0.1, -0.05) is 358 Å². The van der Waals surface area contributed by atoms with Crippen molar-refractivity contribution in [2.75, 3.05) is 0 Å². The molecule has 112 heavy (non-hydrogen) atoms. The minimum Gasteiger partial charge on any atom is -0.309 e. The van der Waals surface area contributed by atoms with E-state index in [2.05, 4.69) is 319 Å². The van der Waals surface area contributed by atoms with Crippen molar-refractivity contribution in [1.29, 1.82) is 0 Å². The molecule has 9 heteroatoms. The molecule has 526 valence electrons. The first-order chi connectivity index (χ1) is 55.3. The Balaban J connectivity index is 0.000000146.